The molecule has 0 unspecified atom stereocenters. The van der Waals surface area contributed by atoms with Crippen LogP contribution in [0, 0.1) is 0 Å². The van der Waals surface area contributed by atoms with Crippen LogP contribution in [0.4, 0.5) is 0 Å². The number of aldehydes is 2. The number of hydrogen-bond donors (Lipinski definition) is 0. The first-order valence-electron chi connectivity index (χ1n) is 2.79. The molecule has 0 aliphatic carbocycles. The Morgan fingerprint density at radius 1 is 1.18 bits per heavy atom. The third kappa shape index (κ3) is 7.87. The third-order valence-corrected chi connectivity index (χ3v) is 0.954. The van der Waals surface area contributed by atoms with Gasteiger partial charge in [-0.05, 0) is 0 Å². The van der Waals surface area contributed by atoms with Crippen LogP contribution in [0.3, 0.4) is 0 Å². The van der Waals surface area contributed by atoms with Gasteiger partial charge in [0.05, 0.1) is 13.1 Å². The van der Waals surface area contributed by atoms with Gasteiger partial charge in [0.15, 0.2) is 0 Å². The van der Waals surface area contributed by atoms with E-state index in [1.54, 1.807) is 6.29 Å². The van der Waals surface area contributed by atoms with E-state index in [2.05, 4.69) is 0 Å². The Hall–Kier alpha value is -0.0300. The first-order chi connectivity index (χ1) is 4.85. The van der Waals surface area contributed by atoms with Crippen molar-refractivity contribution in [3.63, 3.8) is 0 Å². The topological polar surface area (TPSA) is 54.5 Å². The third-order valence-electron chi connectivity index (χ3n) is 0.954. The van der Waals surface area contributed by atoms with Crippen molar-refractivity contribution < 1.29 is 43.9 Å². The number of carbonyl (C=O) groups excluding carboxylic acids is 3. The fourth-order valence-corrected chi connectivity index (χ4v) is 0.506. The van der Waals surface area contributed by atoms with Crippen molar-refractivity contribution in [2.75, 3.05) is 19.6 Å². The minimum absolute atomic E-state index is 0. The maximum absolute atomic E-state index is 9.88. The Morgan fingerprint density at radius 3 is 1.91 bits per heavy atom. The molecule has 0 saturated carbocycles. The number of carbonyl (C=O) groups is 2. The van der Waals surface area contributed by atoms with Gasteiger partial charge in [0.25, 0.3) is 0 Å². The van der Waals surface area contributed by atoms with E-state index < -0.39 is 0 Å². The van der Waals surface area contributed by atoms with Gasteiger partial charge in [-0.15, -0.1) is 0 Å². The van der Waals surface area contributed by atoms with Gasteiger partial charge >= 0.3 is 29.6 Å². The average molecular weight is 165 g/mol. The molecule has 0 spiro atoms. The average Bonchev–Trinajstić information content (AvgIpc) is 1.90. The summed E-state index contributed by atoms with van der Waals surface area (Å²) in [4.78, 5) is 30.9. The van der Waals surface area contributed by atoms with Gasteiger partial charge in [0.1, 0.15) is 12.6 Å². The van der Waals surface area contributed by atoms with Crippen LogP contribution in [0.1, 0.15) is 0 Å². The van der Waals surface area contributed by atoms with Gasteiger partial charge in [-0.1, -0.05) is 6.54 Å². The molecule has 0 atom stereocenters. The summed E-state index contributed by atoms with van der Waals surface area (Å²) in [6.07, 6.45) is 2.88. The molecule has 0 bridgehead atoms. The molecular weight excluding hydrogens is 157 g/mol. The first kappa shape index (κ1) is 13.6. The van der Waals surface area contributed by atoms with Crippen molar-refractivity contribution in [1.82, 2.24) is 4.90 Å². The van der Waals surface area contributed by atoms with Crippen LogP contribution < -0.4 is 29.6 Å². The zero-order chi connectivity index (χ0) is 7.82. The van der Waals surface area contributed by atoms with Crippen LogP contribution >= 0.6 is 0 Å². The van der Waals surface area contributed by atoms with Gasteiger partial charge in [-0.3, -0.25) is 0 Å². The molecule has 0 heterocycles. The van der Waals surface area contributed by atoms with Gasteiger partial charge in [-0.2, -0.15) is 0 Å². The van der Waals surface area contributed by atoms with E-state index in [0.29, 0.717) is 12.6 Å². The molecule has 0 fully saturated rings. The molecule has 5 heteroatoms. The van der Waals surface area contributed by atoms with Crippen LogP contribution in [-0.2, 0) is 14.4 Å². The summed E-state index contributed by atoms with van der Waals surface area (Å²) in [5.41, 5.74) is 0. The van der Waals surface area contributed by atoms with Crippen molar-refractivity contribution in [3.8, 4) is 0 Å². The Labute approximate surface area is 87.2 Å². The minimum atomic E-state index is 0. The second-order valence-electron chi connectivity index (χ2n) is 1.67. The molecule has 0 radical (unpaired) electrons. The summed E-state index contributed by atoms with van der Waals surface area (Å²) in [6, 6.07) is 0. The molecule has 0 saturated heterocycles. The van der Waals surface area contributed by atoms with Crippen molar-refractivity contribution in [2.24, 2.45) is 0 Å². The van der Waals surface area contributed by atoms with Gasteiger partial charge < -0.3 is 19.3 Å². The summed E-state index contributed by atoms with van der Waals surface area (Å²) in [5.74, 6) is 0. The summed E-state index contributed by atoms with van der Waals surface area (Å²) >= 11 is 0. The quantitative estimate of drug-likeness (QED) is 0.227. The summed E-state index contributed by atoms with van der Waals surface area (Å²) < 4.78 is 0. The van der Waals surface area contributed by atoms with Crippen LogP contribution in [0.25, 0.3) is 0 Å². The fraction of sp³-hybridized carbons (Fsp3) is 0.500. The second-order valence-corrected chi connectivity index (χ2v) is 1.67. The molecule has 56 valence electrons. The molecule has 0 aliphatic rings. The van der Waals surface area contributed by atoms with Crippen molar-refractivity contribution >= 4 is 18.9 Å². The maximum Gasteiger partial charge on any atom is 1.00 e. The van der Waals surface area contributed by atoms with E-state index in [0.717, 1.165) is 0 Å². The SMILES string of the molecule is O=[C-]CN(CC=O)CC=O.[Na+]. The van der Waals surface area contributed by atoms with E-state index in [1.807, 2.05) is 0 Å². The molecule has 4 nitrogen and oxygen atoms in total. The predicted octanol–water partition coefficient (Wildman–Crippen LogP) is -4.20. The molecule has 0 rings (SSSR count). The number of rotatable bonds is 6. The van der Waals surface area contributed by atoms with Gasteiger partial charge in [0.2, 0.25) is 0 Å². The summed E-state index contributed by atoms with van der Waals surface area (Å²) in [7, 11) is 0. The standard InChI is InChI=1S/C6H8NO3.Na/c8-4-1-7(2-5-9)3-6-10;/h4-5H,1-3H2;/q-1;+1. The number of nitrogens with zero attached hydrogens (tertiary/aromatic N) is 1. The zero-order valence-corrected chi connectivity index (χ0v) is 8.45. The van der Waals surface area contributed by atoms with Gasteiger partial charge in [0, 0.05) is 0 Å². The smallest absolute Gasteiger partial charge is 0.541 e. The largest absolute Gasteiger partial charge is 1.00 e. The summed E-state index contributed by atoms with van der Waals surface area (Å²) in [6.45, 7) is 0.222. The Kier molecular flexibility index (Phi) is 12.3. The van der Waals surface area contributed by atoms with Crippen LogP contribution in [0.5, 0.6) is 0 Å². The first-order valence-corrected chi connectivity index (χ1v) is 2.79. The van der Waals surface area contributed by atoms with E-state index >= 15 is 0 Å². The molecular formula is C6H8NNaO3. The Balaban J connectivity index is 0. The van der Waals surface area contributed by atoms with Crippen LogP contribution in [0.2, 0.25) is 0 Å². The zero-order valence-electron chi connectivity index (χ0n) is 6.45. The van der Waals surface area contributed by atoms with Crippen molar-refractivity contribution in [2.45, 2.75) is 0 Å². The minimum Gasteiger partial charge on any atom is -0.541 e. The molecule has 0 aromatic rings. The Bertz CT molecular complexity index is 105. The monoisotopic (exact) mass is 165 g/mol. The maximum atomic E-state index is 9.88. The molecule has 11 heavy (non-hydrogen) atoms. The normalized spacial score (nSPS) is 8.45. The summed E-state index contributed by atoms with van der Waals surface area (Å²) in [5, 5.41) is 0. The Morgan fingerprint density at radius 2 is 1.64 bits per heavy atom. The van der Waals surface area contributed by atoms with Crippen LogP contribution in [-0.4, -0.2) is 43.4 Å². The van der Waals surface area contributed by atoms with E-state index in [-0.39, 0.29) is 49.2 Å². The predicted molar refractivity (Wildman–Crippen MR) is 34.3 cm³/mol. The van der Waals surface area contributed by atoms with Crippen LogP contribution in [0.15, 0.2) is 0 Å². The molecule has 0 aromatic carbocycles. The van der Waals surface area contributed by atoms with E-state index in [4.69, 9.17) is 0 Å². The molecule has 0 aromatic heterocycles. The van der Waals surface area contributed by atoms with Gasteiger partial charge in [-0.25, -0.2) is 6.29 Å². The van der Waals surface area contributed by atoms with Crippen molar-refractivity contribution in [1.29, 1.82) is 0 Å². The molecule has 0 amide bonds. The molecule has 0 N–H and O–H groups in total. The fourth-order valence-electron chi connectivity index (χ4n) is 0.506. The van der Waals surface area contributed by atoms with E-state index in [9.17, 15) is 14.4 Å². The van der Waals surface area contributed by atoms with E-state index in [1.165, 1.54) is 4.90 Å². The number of hydrogen-bond acceptors (Lipinski definition) is 4. The van der Waals surface area contributed by atoms with Crippen molar-refractivity contribution in [3.05, 3.63) is 0 Å². The molecule has 0 aliphatic heterocycles. The second kappa shape index (κ2) is 9.97.